The smallest absolute Gasteiger partial charge is 0.286 e. The molecule has 1 aromatic carbocycles. The van der Waals surface area contributed by atoms with Gasteiger partial charge in [-0.15, -0.1) is 0 Å². The Morgan fingerprint density at radius 2 is 1.86 bits per heavy atom. The largest absolute Gasteiger partial charge is 0.493 e. The highest BCUT2D eigenvalue weighted by Gasteiger charge is 2.24. The first-order chi connectivity index (χ1) is 10.4. The van der Waals surface area contributed by atoms with E-state index in [1.807, 2.05) is 14.1 Å². The molecule has 0 aromatic heterocycles. The molecule has 0 aliphatic heterocycles. The second-order valence-electron chi connectivity index (χ2n) is 5.05. The number of nitro benzene ring substituents is 1. The fourth-order valence-corrected chi connectivity index (χ4v) is 1.94. The summed E-state index contributed by atoms with van der Waals surface area (Å²) in [4.78, 5) is 24.0. The summed E-state index contributed by atoms with van der Waals surface area (Å²) in [7, 11) is 6.82. The second kappa shape index (κ2) is 8.18. The molecule has 0 saturated heterocycles. The zero-order valence-electron chi connectivity index (χ0n) is 13.3. The zero-order chi connectivity index (χ0) is 16.7. The third-order valence-electron chi connectivity index (χ3n) is 3.08. The van der Waals surface area contributed by atoms with Crippen LogP contribution in [0.5, 0.6) is 11.5 Å². The lowest BCUT2D eigenvalue weighted by molar-refractivity contribution is -0.858. The number of hydrogen-bond donors (Lipinski definition) is 2. The highest BCUT2D eigenvalue weighted by Crippen LogP contribution is 2.34. The average molecular weight is 312 g/mol. The molecule has 1 rings (SSSR count). The summed E-state index contributed by atoms with van der Waals surface area (Å²) in [5.41, 5.74) is -0.353. The van der Waals surface area contributed by atoms with Crippen LogP contribution in [0.25, 0.3) is 0 Å². The van der Waals surface area contributed by atoms with Crippen molar-refractivity contribution in [3.05, 3.63) is 27.8 Å². The highest BCUT2D eigenvalue weighted by atomic mass is 16.6. The topological polar surface area (TPSA) is 95.1 Å². The van der Waals surface area contributed by atoms with Crippen molar-refractivity contribution in [1.82, 2.24) is 5.32 Å². The lowest BCUT2D eigenvalue weighted by Crippen LogP contribution is -3.05. The van der Waals surface area contributed by atoms with E-state index >= 15 is 0 Å². The molecule has 0 radical (unpaired) electrons. The van der Waals surface area contributed by atoms with Crippen LogP contribution >= 0.6 is 0 Å². The molecule has 8 heteroatoms. The molecule has 8 nitrogen and oxygen atoms in total. The predicted molar refractivity (Wildman–Crippen MR) is 80.8 cm³/mol. The molecule has 0 atom stereocenters. The van der Waals surface area contributed by atoms with E-state index in [0.29, 0.717) is 6.54 Å². The standard InChI is InChI=1S/C14H21N3O5/c1-16(2)7-5-6-15-14(18)10-8-12(21-3)13(22-4)9-11(10)17(19)20/h8-9H,5-7H2,1-4H3,(H,15,18)/p+1. The van der Waals surface area contributed by atoms with E-state index in [0.717, 1.165) is 13.0 Å². The van der Waals surface area contributed by atoms with Gasteiger partial charge in [0, 0.05) is 19.0 Å². The molecule has 0 heterocycles. The number of ether oxygens (including phenoxy) is 2. The molecule has 0 unspecified atom stereocenters. The van der Waals surface area contributed by atoms with Crippen LogP contribution in [-0.2, 0) is 0 Å². The average Bonchev–Trinajstić information content (AvgIpc) is 2.49. The lowest BCUT2D eigenvalue weighted by atomic mass is 10.1. The molecule has 2 N–H and O–H groups in total. The fraction of sp³-hybridized carbons (Fsp3) is 0.500. The maximum absolute atomic E-state index is 12.2. The second-order valence-corrected chi connectivity index (χ2v) is 5.05. The van der Waals surface area contributed by atoms with Crippen LogP contribution in [0.15, 0.2) is 12.1 Å². The third kappa shape index (κ3) is 4.59. The zero-order valence-corrected chi connectivity index (χ0v) is 13.3. The Morgan fingerprint density at radius 3 is 2.36 bits per heavy atom. The highest BCUT2D eigenvalue weighted by molar-refractivity contribution is 5.99. The number of amides is 1. The monoisotopic (exact) mass is 312 g/mol. The predicted octanol–water partition coefficient (Wildman–Crippen LogP) is -0.124. The van der Waals surface area contributed by atoms with Gasteiger partial charge in [-0.3, -0.25) is 14.9 Å². The summed E-state index contributed by atoms with van der Waals surface area (Å²) in [6, 6.07) is 2.52. The van der Waals surface area contributed by atoms with Gasteiger partial charge in [-0.25, -0.2) is 0 Å². The van der Waals surface area contributed by atoms with Crippen LogP contribution in [0.2, 0.25) is 0 Å². The van der Waals surface area contributed by atoms with Crippen LogP contribution in [0.4, 0.5) is 5.69 Å². The first kappa shape index (κ1) is 17.7. The van der Waals surface area contributed by atoms with Gasteiger partial charge in [-0.2, -0.15) is 0 Å². The number of carbonyl (C=O) groups is 1. The number of hydrogen-bond acceptors (Lipinski definition) is 5. The molecule has 0 spiro atoms. The maximum atomic E-state index is 12.2. The van der Waals surface area contributed by atoms with Crippen molar-refractivity contribution in [3.8, 4) is 11.5 Å². The Bertz CT molecular complexity index is 546. The molecule has 1 amide bonds. The molecule has 122 valence electrons. The Labute approximate surface area is 129 Å². The van der Waals surface area contributed by atoms with Crippen molar-refractivity contribution < 1.29 is 24.1 Å². The quantitative estimate of drug-likeness (QED) is 0.396. The van der Waals surface area contributed by atoms with Crippen molar-refractivity contribution in [2.75, 3.05) is 41.4 Å². The fourth-order valence-electron chi connectivity index (χ4n) is 1.94. The summed E-state index contributed by atoms with van der Waals surface area (Å²) in [6.07, 6.45) is 0.787. The van der Waals surface area contributed by atoms with Crippen LogP contribution in [0.1, 0.15) is 16.8 Å². The minimum absolute atomic E-state index is 0.0418. The maximum Gasteiger partial charge on any atom is 0.286 e. The minimum Gasteiger partial charge on any atom is -0.493 e. The molecule has 0 aliphatic carbocycles. The number of methoxy groups -OCH3 is 2. The van der Waals surface area contributed by atoms with E-state index in [9.17, 15) is 14.9 Å². The minimum atomic E-state index is -0.610. The summed E-state index contributed by atoms with van der Waals surface area (Å²) in [5, 5.41) is 13.8. The number of carbonyl (C=O) groups excluding carboxylic acids is 1. The number of benzene rings is 1. The SMILES string of the molecule is COc1cc(C(=O)NCCC[NH+](C)C)c([N+](=O)[O-])cc1OC. The van der Waals surface area contributed by atoms with Gasteiger partial charge in [0.25, 0.3) is 11.6 Å². The Hall–Kier alpha value is -2.35. The number of nitrogens with one attached hydrogen (secondary N) is 2. The van der Waals surface area contributed by atoms with E-state index in [1.165, 1.54) is 31.3 Å². The van der Waals surface area contributed by atoms with Crippen LogP contribution in [-0.4, -0.2) is 52.2 Å². The number of quaternary nitrogens is 1. The molecule has 0 fully saturated rings. The molecular weight excluding hydrogens is 290 g/mol. The Morgan fingerprint density at radius 1 is 1.27 bits per heavy atom. The van der Waals surface area contributed by atoms with E-state index < -0.39 is 10.8 Å². The first-order valence-electron chi connectivity index (χ1n) is 6.88. The third-order valence-corrected chi connectivity index (χ3v) is 3.08. The van der Waals surface area contributed by atoms with Gasteiger partial charge < -0.3 is 19.7 Å². The van der Waals surface area contributed by atoms with Crippen molar-refractivity contribution >= 4 is 11.6 Å². The van der Waals surface area contributed by atoms with Gasteiger partial charge in [-0.05, 0) is 0 Å². The van der Waals surface area contributed by atoms with Crippen molar-refractivity contribution in [2.45, 2.75) is 6.42 Å². The number of nitrogens with zero attached hydrogens (tertiary/aromatic N) is 1. The first-order valence-corrected chi connectivity index (χ1v) is 6.88. The number of nitro groups is 1. The van der Waals surface area contributed by atoms with E-state index in [-0.39, 0.29) is 22.7 Å². The van der Waals surface area contributed by atoms with E-state index in [1.54, 1.807) is 0 Å². The van der Waals surface area contributed by atoms with Crippen molar-refractivity contribution in [2.24, 2.45) is 0 Å². The lowest BCUT2D eigenvalue weighted by Gasteiger charge is -2.11. The molecule has 0 aliphatic rings. The Balaban J connectivity index is 2.95. The van der Waals surface area contributed by atoms with Gasteiger partial charge in [0.05, 0.1) is 45.8 Å². The molecule has 22 heavy (non-hydrogen) atoms. The van der Waals surface area contributed by atoms with Gasteiger partial charge in [0.2, 0.25) is 0 Å². The molecule has 0 saturated carbocycles. The summed E-state index contributed by atoms with van der Waals surface area (Å²) in [6.45, 7) is 1.35. The molecule has 0 bridgehead atoms. The van der Waals surface area contributed by atoms with Gasteiger partial charge in [0.15, 0.2) is 11.5 Å². The molecular formula is C14H22N3O5+. The van der Waals surface area contributed by atoms with Crippen LogP contribution in [0.3, 0.4) is 0 Å². The van der Waals surface area contributed by atoms with E-state index in [4.69, 9.17) is 9.47 Å². The summed E-state index contributed by atoms with van der Waals surface area (Å²) in [5.74, 6) is -0.0145. The van der Waals surface area contributed by atoms with Crippen LogP contribution < -0.4 is 19.7 Å². The normalized spacial score (nSPS) is 10.4. The summed E-state index contributed by atoms with van der Waals surface area (Å²) < 4.78 is 10.1. The van der Waals surface area contributed by atoms with Gasteiger partial charge in [-0.1, -0.05) is 0 Å². The van der Waals surface area contributed by atoms with Gasteiger partial charge in [0.1, 0.15) is 5.56 Å². The number of rotatable bonds is 8. The van der Waals surface area contributed by atoms with Crippen molar-refractivity contribution in [1.29, 1.82) is 0 Å². The Kier molecular flexibility index (Phi) is 6.58. The van der Waals surface area contributed by atoms with Crippen LogP contribution in [0, 0.1) is 10.1 Å². The van der Waals surface area contributed by atoms with Crippen molar-refractivity contribution in [3.63, 3.8) is 0 Å². The van der Waals surface area contributed by atoms with E-state index in [2.05, 4.69) is 5.32 Å². The summed E-state index contributed by atoms with van der Waals surface area (Å²) >= 11 is 0. The van der Waals surface area contributed by atoms with Gasteiger partial charge >= 0.3 is 0 Å². The molecule has 1 aromatic rings.